The van der Waals surface area contributed by atoms with Gasteiger partial charge in [0.05, 0.1) is 36.8 Å². The summed E-state index contributed by atoms with van der Waals surface area (Å²) in [6.07, 6.45) is -3.59. The Labute approximate surface area is 558 Å². The van der Waals surface area contributed by atoms with E-state index < -0.39 is 180 Å². The molecule has 4 aliphatic rings. The van der Waals surface area contributed by atoms with Crippen LogP contribution in [0.2, 0.25) is 5.02 Å². The van der Waals surface area contributed by atoms with Crippen LogP contribution < -0.4 is 16.0 Å². The summed E-state index contributed by atoms with van der Waals surface area (Å²) < 4.78 is 73.2. The monoisotopic (exact) mass is 1360 g/mol. The van der Waals surface area contributed by atoms with Gasteiger partial charge in [-0.05, 0) is 106 Å². The van der Waals surface area contributed by atoms with Crippen LogP contribution in [0.4, 0.5) is 22.0 Å². The third-order valence-corrected chi connectivity index (χ3v) is 19.8. The summed E-state index contributed by atoms with van der Waals surface area (Å²) in [5, 5.41) is 7.41. The van der Waals surface area contributed by atoms with Crippen LogP contribution in [0, 0.1) is 24.7 Å². The predicted octanol–water partition coefficient (Wildman–Crippen LogP) is 5.48. The average Bonchev–Trinajstić information content (AvgIpc) is 1.75. The Morgan fingerprint density at radius 2 is 1.25 bits per heavy atom. The van der Waals surface area contributed by atoms with E-state index in [1.54, 1.807) is 38.1 Å². The van der Waals surface area contributed by atoms with E-state index in [9.17, 15) is 61.1 Å². The SMILES string of the molecule is CC[C@H](C)[C@@H]1NC(=O)[C@H](CC(C)C)N(C)C(=O)C[C@@H](C)N(C)C(=O)[C@H](C2CCCC2)N(C)C(=O)C2(CCC2)NC(=O)[C@@H]2CC(F)(F)CN2C(=O)[C@H](CCc2ccc(C(F)(F)F)c(Cl)c2)NC(=O)CN(C)C(=O)[C@H](Cc2ccc(C)cc2)N(C)C(=O)CN(C)C(=O)CN(C)C1=O. The molecule has 28 heteroatoms. The molecule has 2 aromatic rings. The van der Waals surface area contributed by atoms with Crippen LogP contribution in [0.1, 0.15) is 134 Å². The minimum absolute atomic E-state index is 0.0267. The van der Waals surface area contributed by atoms with Crippen molar-refractivity contribution in [1.29, 1.82) is 0 Å². The highest BCUT2D eigenvalue weighted by Gasteiger charge is 2.56. The molecule has 3 N–H and O–H groups in total. The van der Waals surface area contributed by atoms with Gasteiger partial charge >= 0.3 is 6.18 Å². The molecule has 526 valence electrons. The molecule has 2 saturated heterocycles. The zero-order valence-corrected chi connectivity index (χ0v) is 57.6. The van der Waals surface area contributed by atoms with Gasteiger partial charge in [0.25, 0.3) is 5.92 Å². The van der Waals surface area contributed by atoms with Crippen LogP contribution in [0.15, 0.2) is 42.5 Å². The molecule has 6 rings (SSSR count). The topological polar surface area (TPSA) is 250 Å². The van der Waals surface area contributed by atoms with E-state index >= 15 is 13.6 Å². The highest BCUT2D eigenvalue weighted by atomic mass is 35.5. The first kappa shape index (κ1) is 76.6. The molecule has 0 radical (unpaired) electrons. The van der Waals surface area contributed by atoms with Gasteiger partial charge < -0.3 is 55.1 Å². The van der Waals surface area contributed by atoms with Gasteiger partial charge in [-0.3, -0.25) is 52.7 Å². The van der Waals surface area contributed by atoms with Gasteiger partial charge in [0.15, 0.2) is 0 Å². The van der Waals surface area contributed by atoms with Crippen molar-refractivity contribution in [3.8, 4) is 0 Å². The van der Waals surface area contributed by atoms with Gasteiger partial charge in [0.1, 0.15) is 41.8 Å². The zero-order chi connectivity index (χ0) is 70.9. The summed E-state index contributed by atoms with van der Waals surface area (Å²) in [4.78, 5) is 169. The van der Waals surface area contributed by atoms with Crippen molar-refractivity contribution in [3.63, 3.8) is 0 Å². The van der Waals surface area contributed by atoms with Crippen molar-refractivity contribution in [2.75, 3.05) is 75.5 Å². The number of carbonyl (C=O) groups excluding carboxylic acids is 11. The quantitative estimate of drug-likeness (QED) is 0.252. The first-order chi connectivity index (χ1) is 44.3. The van der Waals surface area contributed by atoms with E-state index in [4.69, 9.17) is 11.6 Å². The van der Waals surface area contributed by atoms with Crippen molar-refractivity contribution in [2.24, 2.45) is 17.8 Å². The van der Waals surface area contributed by atoms with Gasteiger partial charge in [0, 0.05) is 74.6 Å². The van der Waals surface area contributed by atoms with Crippen molar-refractivity contribution in [2.45, 2.75) is 191 Å². The summed E-state index contributed by atoms with van der Waals surface area (Å²) >= 11 is 6.07. The number of rotatable bonds is 10. The number of hydrogen-bond donors (Lipinski definition) is 3. The fraction of sp³-hybridized carbons (Fsp3) is 0.657. The molecule has 1 spiro atoms. The molecule has 2 aromatic carbocycles. The third kappa shape index (κ3) is 19.0. The molecule has 0 unspecified atom stereocenters. The van der Waals surface area contributed by atoms with Crippen LogP contribution in [0.5, 0.6) is 0 Å². The van der Waals surface area contributed by atoms with E-state index in [1.807, 2.05) is 27.7 Å². The van der Waals surface area contributed by atoms with E-state index in [0.29, 0.717) is 36.1 Å². The summed E-state index contributed by atoms with van der Waals surface area (Å²) in [7, 11) is 9.62. The molecule has 2 saturated carbocycles. The van der Waals surface area contributed by atoms with Gasteiger partial charge in [-0.15, -0.1) is 0 Å². The Balaban J connectivity index is 1.41. The minimum atomic E-state index is -4.83. The number of nitrogens with zero attached hydrogens (tertiary/aromatic N) is 8. The van der Waals surface area contributed by atoms with E-state index in [-0.39, 0.29) is 55.9 Å². The number of carbonyl (C=O) groups is 11. The highest BCUT2D eigenvalue weighted by molar-refractivity contribution is 6.31. The second kappa shape index (κ2) is 32.1. The number of hydrogen-bond acceptors (Lipinski definition) is 11. The molecule has 22 nitrogen and oxygen atoms in total. The number of aryl methyl sites for hydroxylation is 2. The lowest BCUT2D eigenvalue weighted by atomic mass is 9.74. The largest absolute Gasteiger partial charge is 0.417 e. The van der Waals surface area contributed by atoms with Crippen LogP contribution in [-0.2, 0) is 71.8 Å². The molecule has 0 aromatic heterocycles. The second-order valence-corrected chi connectivity index (χ2v) is 27.6. The van der Waals surface area contributed by atoms with E-state index in [1.165, 1.54) is 64.0 Å². The highest BCUT2D eigenvalue weighted by Crippen LogP contribution is 2.40. The molecule has 4 fully saturated rings. The maximum atomic E-state index is 15.9. The number of amides is 11. The van der Waals surface area contributed by atoms with Crippen LogP contribution in [0.3, 0.4) is 0 Å². The van der Waals surface area contributed by atoms with Crippen molar-refractivity contribution in [1.82, 2.24) is 55.1 Å². The zero-order valence-electron chi connectivity index (χ0n) is 56.9. The van der Waals surface area contributed by atoms with Gasteiger partial charge in [-0.2, -0.15) is 13.2 Å². The van der Waals surface area contributed by atoms with Crippen molar-refractivity contribution >= 4 is 76.6 Å². The van der Waals surface area contributed by atoms with Crippen molar-refractivity contribution < 1.29 is 74.7 Å². The van der Waals surface area contributed by atoms with E-state index in [0.717, 1.165) is 56.2 Å². The lowest BCUT2D eigenvalue weighted by molar-refractivity contribution is -0.155. The Morgan fingerprint density at radius 3 is 1.82 bits per heavy atom. The van der Waals surface area contributed by atoms with Gasteiger partial charge in [0.2, 0.25) is 65.0 Å². The summed E-state index contributed by atoms with van der Waals surface area (Å²) in [5.41, 5.74) is -1.28. The lowest BCUT2D eigenvalue weighted by Crippen LogP contribution is -2.68. The number of halogens is 6. The molecule has 95 heavy (non-hydrogen) atoms. The van der Waals surface area contributed by atoms with Crippen molar-refractivity contribution in [3.05, 3.63) is 69.7 Å². The Morgan fingerprint density at radius 1 is 0.663 bits per heavy atom. The van der Waals surface area contributed by atoms with Crippen LogP contribution in [0.25, 0.3) is 0 Å². The van der Waals surface area contributed by atoms with Crippen LogP contribution >= 0.6 is 11.6 Å². The Kier molecular flexibility index (Phi) is 25.8. The van der Waals surface area contributed by atoms with Gasteiger partial charge in [-0.1, -0.05) is 94.5 Å². The first-order valence-electron chi connectivity index (χ1n) is 32.6. The van der Waals surface area contributed by atoms with E-state index in [2.05, 4.69) is 16.0 Å². The van der Waals surface area contributed by atoms with Crippen LogP contribution in [-0.4, -0.2) is 233 Å². The lowest BCUT2D eigenvalue weighted by Gasteiger charge is -2.46. The third-order valence-electron chi connectivity index (χ3n) is 19.5. The number of fused-ring (bicyclic) bond motifs is 1. The number of benzene rings is 2. The van der Waals surface area contributed by atoms with Gasteiger partial charge in [-0.25, -0.2) is 8.78 Å². The standard InChI is InChI=1S/C67H95ClF5N11O11/c1-14-41(5)56-62(93)79(9)36-54(87)77(7)37-55(88)82(12)50(33-44-22-20-40(4)21-23-44)61(92)78(8)35-52(85)74-48(27-25-43-24-26-46(47(68)32-43)67(71,72)73)60(91)84-38-66(69,70)34-51(84)59(90)76-65(28-17-29-65)64(95)83(13)57(45-18-15-16-19-45)63(94)80(10)42(6)31-53(86)81(11)49(30-39(2)3)58(89)75-56/h20-24,26,32,39,41-42,45,48-51,56-57H,14-19,25,27-31,33-38H2,1-13H3,(H,74,85)(H,75,89)(H,76,90)/t41-,42+,48-,49-,50-,51-,56-,57-/m0/s1. The Bertz CT molecular complexity index is 3160. The minimum Gasteiger partial charge on any atom is -0.343 e. The summed E-state index contributed by atoms with van der Waals surface area (Å²) in [6, 6.07) is 0.513. The predicted molar refractivity (Wildman–Crippen MR) is 344 cm³/mol. The molecule has 0 bridgehead atoms. The fourth-order valence-corrected chi connectivity index (χ4v) is 13.3. The maximum absolute atomic E-state index is 15.9. The maximum Gasteiger partial charge on any atom is 0.417 e. The summed E-state index contributed by atoms with van der Waals surface area (Å²) in [6.45, 7) is 7.46. The Hall–Kier alpha value is -7.45. The number of alkyl halides is 5. The number of nitrogens with one attached hydrogen (secondary N) is 3. The summed E-state index contributed by atoms with van der Waals surface area (Å²) in [5.74, 6) is -13.3. The fourth-order valence-electron chi connectivity index (χ4n) is 13.0. The molecular formula is C67H95ClF5N11O11. The average molecular weight is 1360 g/mol. The molecule has 2 aliphatic heterocycles. The first-order valence-corrected chi connectivity index (χ1v) is 33.0. The molecular weight excluding hydrogens is 1270 g/mol. The second-order valence-electron chi connectivity index (χ2n) is 27.2. The smallest absolute Gasteiger partial charge is 0.343 e. The molecule has 2 heterocycles. The number of likely N-dealkylation sites (N-methyl/N-ethyl adjacent to an activating group) is 7. The molecule has 8 atom stereocenters. The normalized spacial score (nSPS) is 25.9. The molecule has 2 aliphatic carbocycles. The molecule has 11 amide bonds.